The summed E-state index contributed by atoms with van der Waals surface area (Å²) >= 11 is 0. The Hall–Kier alpha value is -0.320. The summed E-state index contributed by atoms with van der Waals surface area (Å²) < 4.78 is 5.31. The van der Waals surface area contributed by atoms with Crippen LogP contribution in [0.2, 0.25) is 0 Å². The number of ether oxygens (including phenoxy) is 1. The van der Waals surface area contributed by atoms with Gasteiger partial charge in [0.1, 0.15) is 0 Å². The maximum absolute atomic E-state index is 12.0. The van der Waals surface area contributed by atoms with E-state index in [2.05, 4.69) is 0 Å². The van der Waals surface area contributed by atoms with Crippen LogP contribution in [0.25, 0.3) is 0 Å². The Bertz CT molecular complexity index is 245. The smallest absolute Gasteiger partial charge is 0.222 e. The first-order valence-electron chi connectivity index (χ1n) is 6.38. The summed E-state index contributed by atoms with van der Waals surface area (Å²) in [5, 5.41) is 0. The van der Waals surface area contributed by atoms with E-state index in [4.69, 9.17) is 10.5 Å². The zero-order valence-corrected chi connectivity index (χ0v) is 11.1. The van der Waals surface area contributed by atoms with Gasteiger partial charge >= 0.3 is 0 Å². The molecule has 0 saturated carbocycles. The van der Waals surface area contributed by atoms with E-state index in [1.54, 1.807) is 0 Å². The van der Waals surface area contributed by atoms with Crippen LogP contribution >= 0.6 is 12.4 Å². The van der Waals surface area contributed by atoms with Crippen LogP contribution in [0.1, 0.15) is 32.1 Å². The van der Waals surface area contributed by atoms with Crippen molar-refractivity contribution in [2.45, 2.75) is 38.1 Å². The SMILES string of the molecule is Cl.NCC1CCCN1C(=O)CCC1CCOC1. The molecule has 0 spiro atoms. The number of rotatable bonds is 4. The molecule has 2 atom stereocenters. The topological polar surface area (TPSA) is 55.6 Å². The third-order valence-corrected chi connectivity index (χ3v) is 3.76. The summed E-state index contributed by atoms with van der Waals surface area (Å²) in [5.41, 5.74) is 5.67. The lowest BCUT2D eigenvalue weighted by molar-refractivity contribution is -0.132. The second-order valence-corrected chi connectivity index (χ2v) is 4.89. The van der Waals surface area contributed by atoms with E-state index in [1.165, 1.54) is 0 Å². The molecule has 0 aromatic carbocycles. The van der Waals surface area contributed by atoms with Gasteiger partial charge < -0.3 is 15.4 Å². The summed E-state index contributed by atoms with van der Waals surface area (Å²) in [7, 11) is 0. The zero-order chi connectivity index (χ0) is 11.4. The van der Waals surface area contributed by atoms with Gasteiger partial charge in [0, 0.05) is 38.8 Å². The Morgan fingerprint density at radius 3 is 2.88 bits per heavy atom. The van der Waals surface area contributed by atoms with Gasteiger partial charge in [-0.15, -0.1) is 12.4 Å². The van der Waals surface area contributed by atoms with E-state index in [9.17, 15) is 4.79 Å². The van der Waals surface area contributed by atoms with E-state index >= 15 is 0 Å². The first kappa shape index (κ1) is 14.7. The number of amides is 1. The molecule has 100 valence electrons. The van der Waals surface area contributed by atoms with Gasteiger partial charge in [-0.25, -0.2) is 0 Å². The van der Waals surface area contributed by atoms with Gasteiger partial charge in [0.25, 0.3) is 0 Å². The molecule has 2 aliphatic rings. The second-order valence-electron chi connectivity index (χ2n) is 4.89. The number of nitrogens with zero attached hydrogens (tertiary/aromatic N) is 1. The normalized spacial score (nSPS) is 28.2. The van der Waals surface area contributed by atoms with Gasteiger partial charge in [-0.2, -0.15) is 0 Å². The quantitative estimate of drug-likeness (QED) is 0.828. The van der Waals surface area contributed by atoms with E-state index < -0.39 is 0 Å². The van der Waals surface area contributed by atoms with Gasteiger partial charge in [0.15, 0.2) is 0 Å². The van der Waals surface area contributed by atoms with Crippen molar-refractivity contribution >= 4 is 18.3 Å². The Labute approximate surface area is 109 Å². The number of halogens is 1. The molecular formula is C12H23ClN2O2. The molecule has 2 N–H and O–H groups in total. The van der Waals surface area contributed by atoms with Crippen LogP contribution in [0.4, 0.5) is 0 Å². The number of carbonyl (C=O) groups excluding carboxylic acids is 1. The lowest BCUT2D eigenvalue weighted by atomic mass is 10.0. The highest BCUT2D eigenvalue weighted by Crippen LogP contribution is 2.21. The van der Waals surface area contributed by atoms with Crippen LogP contribution in [-0.2, 0) is 9.53 Å². The number of likely N-dealkylation sites (tertiary alicyclic amines) is 1. The highest BCUT2D eigenvalue weighted by molar-refractivity contribution is 5.85. The predicted molar refractivity (Wildman–Crippen MR) is 69.2 cm³/mol. The molecule has 4 nitrogen and oxygen atoms in total. The molecular weight excluding hydrogens is 240 g/mol. The molecule has 17 heavy (non-hydrogen) atoms. The summed E-state index contributed by atoms with van der Waals surface area (Å²) in [6.45, 7) is 3.22. The fraction of sp³-hybridized carbons (Fsp3) is 0.917. The van der Waals surface area contributed by atoms with E-state index in [0.717, 1.165) is 45.4 Å². The van der Waals surface area contributed by atoms with Crippen molar-refractivity contribution in [3.05, 3.63) is 0 Å². The predicted octanol–water partition coefficient (Wildman–Crippen LogP) is 1.17. The third kappa shape index (κ3) is 3.83. The molecule has 0 aromatic heterocycles. The highest BCUT2D eigenvalue weighted by Gasteiger charge is 2.27. The maximum atomic E-state index is 12.0. The van der Waals surface area contributed by atoms with Crippen molar-refractivity contribution in [3.63, 3.8) is 0 Å². The van der Waals surface area contributed by atoms with Crippen LogP contribution in [0.15, 0.2) is 0 Å². The lowest BCUT2D eigenvalue weighted by Gasteiger charge is -2.23. The molecule has 0 radical (unpaired) electrons. The van der Waals surface area contributed by atoms with Crippen LogP contribution in [0, 0.1) is 5.92 Å². The van der Waals surface area contributed by atoms with Crippen molar-refractivity contribution in [2.24, 2.45) is 11.7 Å². The monoisotopic (exact) mass is 262 g/mol. The molecule has 0 aliphatic carbocycles. The molecule has 2 heterocycles. The van der Waals surface area contributed by atoms with Crippen LogP contribution in [0.3, 0.4) is 0 Å². The number of nitrogens with two attached hydrogens (primary N) is 1. The average molecular weight is 263 g/mol. The molecule has 2 rings (SSSR count). The van der Waals surface area contributed by atoms with Crippen molar-refractivity contribution in [1.29, 1.82) is 0 Å². The maximum Gasteiger partial charge on any atom is 0.222 e. The minimum atomic E-state index is 0. The fourth-order valence-corrected chi connectivity index (χ4v) is 2.69. The molecule has 2 aliphatic heterocycles. The van der Waals surface area contributed by atoms with E-state index in [-0.39, 0.29) is 12.4 Å². The van der Waals surface area contributed by atoms with Crippen molar-refractivity contribution in [3.8, 4) is 0 Å². The third-order valence-electron chi connectivity index (χ3n) is 3.76. The summed E-state index contributed by atoms with van der Waals surface area (Å²) in [4.78, 5) is 14.0. The van der Waals surface area contributed by atoms with Crippen molar-refractivity contribution < 1.29 is 9.53 Å². The lowest BCUT2D eigenvalue weighted by Crippen LogP contribution is -2.39. The van der Waals surface area contributed by atoms with Gasteiger partial charge in [0.2, 0.25) is 5.91 Å². The van der Waals surface area contributed by atoms with Gasteiger partial charge in [0.05, 0.1) is 0 Å². The fourth-order valence-electron chi connectivity index (χ4n) is 2.69. The largest absolute Gasteiger partial charge is 0.381 e. The first-order chi connectivity index (χ1) is 7.81. The minimum Gasteiger partial charge on any atom is -0.381 e. The number of carbonyl (C=O) groups is 1. The first-order valence-corrected chi connectivity index (χ1v) is 6.38. The molecule has 2 fully saturated rings. The second kappa shape index (κ2) is 7.19. The van der Waals surface area contributed by atoms with E-state index in [0.29, 0.717) is 30.8 Å². The molecule has 2 unspecified atom stereocenters. The Balaban J connectivity index is 0.00000144. The van der Waals surface area contributed by atoms with Crippen LogP contribution in [0.5, 0.6) is 0 Å². The standard InChI is InChI=1S/C12H22N2O2.ClH/c13-8-11-2-1-6-14(11)12(15)4-3-10-5-7-16-9-10;/h10-11H,1-9,13H2;1H. The Kier molecular flexibility index (Phi) is 6.23. The van der Waals surface area contributed by atoms with Gasteiger partial charge in [-0.05, 0) is 31.6 Å². The van der Waals surface area contributed by atoms with Crippen molar-refractivity contribution in [1.82, 2.24) is 4.90 Å². The summed E-state index contributed by atoms with van der Waals surface area (Å²) in [5.74, 6) is 0.891. The molecule has 0 aromatic rings. The van der Waals surface area contributed by atoms with Gasteiger partial charge in [-0.1, -0.05) is 0 Å². The summed E-state index contributed by atoms with van der Waals surface area (Å²) in [6.07, 6.45) is 4.96. The number of hydrogen-bond acceptors (Lipinski definition) is 3. The van der Waals surface area contributed by atoms with Crippen LogP contribution < -0.4 is 5.73 Å². The Morgan fingerprint density at radius 2 is 2.24 bits per heavy atom. The summed E-state index contributed by atoms with van der Waals surface area (Å²) in [6, 6.07) is 0.298. The van der Waals surface area contributed by atoms with E-state index in [1.807, 2.05) is 4.90 Å². The molecule has 1 amide bonds. The Morgan fingerprint density at radius 1 is 1.41 bits per heavy atom. The number of hydrogen-bond donors (Lipinski definition) is 1. The van der Waals surface area contributed by atoms with Gasteiger partial charge in [-0.3, -0.25) is 4.79 Å². The van der Waals surface area contributed by atoms with Crippen LogP contribution in [-0.4, -0.2) is 43.2 Å². The zero-order valence-electron chi connectivity index (χ0n) is 10.3. The molecule has 5 heteroatoms. The van der Waals surface area contributed by atoms with Crippen molar-refractivity contribution in [2.75, 3.05) is 26.3 Å². The highest BCUT2D eigenvalue weighted by atomic mass is 35.5. The minimum absolute atomic E-state index is 0. The average Bonchev–Trinajstić information content (AvgIpc) is 2.96. The molecule has 0 bridgehead atoms. The molecule has 2 saturated heterocycles.